The van der Waals surface area contributed by atoms with Gasteiger partial charge in [-0.05, 0) is 51.2 Å². The molecule has 1 aromatic carbocycles. The van der Waals surface area contributed by atoms with Gasteiger partial charge in [-0.1, -0.05) is 13.8 Å². The molecule has 0 saturated heterocycles. The van der Waals surface area contributed by atoms with Gasteiger partial charge in [0.25, 0.3) is 5.91 Å². The number of primary amides is 1. The van der Waals surface area contributed by atoms with Gasteiger partial charge in [-0.25, -0.2) is 0 Å². The monoisotopic (exact) mass is 292 g/mol. The molecule has 0 bridgehead atoms. The first-order valence-electron chi connectivity index (χ1n) is 7.70. The lowest BCUT2D eigenvalue weighted by atomic mass is 10.1. The van der Waals surface area contributed by atoms with E-state index in [1.165, 1.54) is 0 Å². The zero-order valence-corrected chi connectivity index (χ0v) is 13.4. The quantitative estimate of drug-likeness (QED) is 0.682. The average molecular weight is 292 g/mol. The van der Waals surface area contributed by atoms with Gasteiger partial charge in [0.15, 0.2) is 0 Å². The Morgan fingerprint density at radius 2 is 1.76 bits per heavy atom. The van der Waals surface area contributed by atoms with Crippen LogP contribution in [0.5, 0.6) is 0 Å². The summed E-state index contributed by atoms with van der Waals surface area (Å²) in [7, 11) is 0. The van der Waals surface area contributed by atoms with Crippen LogP contribution in [-0.2, 0) is 0 Å². The van der Waals surface area contributed by atoms with Crippen LogP contribution in [0.1, 0.15) is 37.6 Å². The molecular formula is C16H28N4O. The Hall–Kier alpha value is -1.75. The number of anilines is 2. The minimum Gasteiger partial charge on any atom is -0.398 e. The van der Waals surface area contributed by atoms with Crippen molar-refractivity contribution in [2.45, 2.75) is 27.2 Å². The molecule has 0 saturated carbocycles. The van der Waals surface area contributed by atoms with Crippen molar-refractivity contribution in [3.05, 3.63) is 23.8 Å². The second-order valence-corrected chi connectivity index (χ2v) is 5.10. The van der Waals surface area contributed by atoms with E-state index in [0.717, 1.165) is 44.8 Å². The standard InChI is InChI=1S/C16H28N4O/c1-4-19(5-2)10-7-11-20(6-3)13-8-9-15(17)14(12-13)16(18)21/h8-9,12H,4-7,10-11,17H2,1-3H3,(H2,18,21). The molecule has 0 atom stereocenters. The van der Waals surface area contributed by atoms with Crippen molar-refractivity contribution in [3.8, 4) is 0 Å². The number of amides is 1. The lowest BCUT2D eigenvalue weighted by Gasteiger charge is -2.26. The predicted octanol–water partition coefficient (Wildman–Crippen LogP) is 1.93. The highest BCUT2D eigenvalue weighted by molar-refractivity contribution is 5.99. The van der Waals surface area contributed by atoms with Gasteiger partial charge in [-0.3, -0.25) is 4.79 Å². The molecule has 1 rings (SSSR count). The van der Waals surface area contributed by atoms with Gasteiger partial charge >= 0.3 is 0 Å². The Kier molecular flexibility index (Phi) is 7.02. The molecule has 21 heavy (non-hydrogen) atoms. The first kappa shape index (κ1) is 17.3. The Bertz CT molecular complexity index is 458. The summed E-state index contributed by atoms with van der Waals surface area (Å²) in [6.45, 7) is 11.6. The summed E-state index contributed by atoms with van der Waals surface area (Å²) >= 11 is 0. The third-order valence-electron chi connectivity index (χ3n) is 3.85. The molecule has 1 aromatic rings. The summed E-state index contributed by atoms with van der Waals surface area (Å²) in [5.41, 5.74) is 13.0. The maximum atomic E-state index is 11.4. The Morgan fingerprint density at radius 3 is 2.29 bits per heavy atom. The van der Waals surface area contributed by atoms with Crippen molar-refractivity contribution >= 4 is 17.3 Å². The fourth-order valence-corrected chi connectivity index (χ4v) is 2.45. The first-order valence-corrected chi connectivity index (χ1v) is 7.70. The van der Waals surface area contributed by atoms with E-state index in [4.69, 9.17) is 11.5 Å². The highest BCUT2D eigenvalue weighted by Gasteiger charge is 2.11. The molecule has 0 aliphatic heterocycles. The van der Waals surface area contributed by atoms with Crippen LogP contribution in [0.4, 0.5) is 11.4 Å². The molecule has 1 amide bonds. The van der Waals surface area contributed by atoms with E-state index in [0.29, 0.717) is 11.3 Å². The summed E-state index contributed by atoms with van der Waals surface area (Å²) in [5.74, 6) is -0.478. The Balaban J connectivity index is 2.72. The smallest absolute Gasteiger partial charge is 0.250 e. The number of carbonyl (C=O) groups is 1. The highest BCUT2D eigenvalue weighted by Crippen LogP contribution is 2.21. The first-order chi connectivity index (χ1) is 10.0. The van der Waals surface area contributed by atoms with Crippen LogP contribution in [0.15, 0.2) is 18.2 Å². The summed E-state index contributed by atoms with van der Waals surface area (Å²) in [6, 6.07) is 5.49. The third-order valence-corrected chi connectivity index (χ3v) is 3.85. The van der Waals surface area contributed by atoms with Crippen molar-refractivity contribution in [2.75, 3.05) is 43.4 Å². The van der Waals surface area contributed by atoms with Gasteiger partial charge in [-0.2, -0.15) is 0 Å². The topological polar surface area (TPSA) is 75.6 Å². The highest BCUT2D eigenvalue weighted by atomic mass is 16.1. The van der Waals surface area contributed by atoms with E-state index < -0.39 is 5.91 Å². The van der Waals surface area contributed by atoms with Crippen molar-refractivity contribution in [1.82, 2.24) is 4.90 Å². The predicted molar refractivity (Wildman–Crippen MR) is 89.7 cm³/mol. The summed E-state index contributed by atoms with van der Waals surface area (Å²) in [5, 5.41) is 0. The van der Waals surface area contributed by atoms with Crippen LogP contribution in [-0.4, -0.2) is 43.5 Å². The van der Waals surface area contributed by atoms with Crippen molar-refractivity contribution in [1.29, 1.82) is 0 Å². The molecule has 0 spiro atoms. The summed E-state index contributed by atoms with van der Waals surface area (Å²) in [4.78, 5) is 16.0. The molecule has 5 nitrogen and oxygen atoms in total. The number of hydrogen-bond acceptors (Lipinski definition) is 4. The summed E-state index contributed by atoms with van der Waals surface area (Å²) in [6.07, 6.45) is 1.09. The Labute approximate surface area is 127 Å². The van der Waals surface area contributed by atoms with E-state index in [1.807, 2.05) is 6.07 Å². The van der Waals surface area contributed by atoms with Crippen LogP contribution in [0, 0.1) is 0 Å². The van der Waals surface area contributed by atoms with Crippen LogP contribution in [0.2, 0.25) is 0 Å². The van der Waals surface area contributed by atoms with Crippen LogP contribution < -0.4 is 16.4 Å². The number of rotatable bonds is 9. The second kappa shape index (κ2) is 8.52. The molecule has 0 aliphatic rings. The number of nitrogens with two attached hydrogens (primary N) is 2. The van der Waals surface area contributed by atoms with Crippen LogP contribution in [0.3, 0.4) is 0 Å². The number of nitrogens with zero attached hydrogens (tertiary/aromatic N) is 2. The van der Waals surface area contributed by atoms with E-state index in [9.17, 15) is 4.79 Å². The van der Waals surface area contributed by atoms with Gasteiger partial charge in [0.2, 0.25) is 0 Å². The fraction of sp³-hybridized carbons (Fsp3) is 0.562. The lowest BCUT2D eigenvalue weighted by molar-refractivity contribution is 0.100. The van der Waals surface area contributed by atoms with Gasteiger partial charge in [0.1, 0.15) is 0 Å². The third kappa shape index (κ3) is 4.93. The maximum Gasteiger partial charge on any atom is 0.250 e. The Morgan fingerprint density at radius 1 is 1.10 bits per heavy atom. The minimum absolute atomic E-state index is 0.398. The van der Waals surface area contributed by atoms with E-state index >= 15 is 0 Å². The van der Waals surface area contributed by atoms with Crippen molar-refractivity contribution in [2.24, 2.45) is 5.73 Å². The normalized spacial score (nSPS) is 10.9. The zero-order valence-electron chi connectivity index (χ0n) is 13.4. The van der Waals surface area contributed by atoms with Crippen molar-refractivity contribution < 1.29 is 4.79 Å². The molecule has 5 heteroatoms. The molecular weight excluding hydrogens is 264 g/mol. The van der Waals surface area contributed by atoms with Gasteiger partial charge in [0, 0.05) is 24.5 Å². The molecule has 0 radical (unpaired) electrons. The van der Waals surface area contributed by atoms with Crippen LogP contribution >= 0.6 is 0 Å². The number of hydrogen-bond donors (Lipinski definition) is 2. The molecule has 0 fully saturated rings. The maximum absolute atomic E-state index is 11.4. The fourth-order valence-electron chi connectivity index (χ4n) is 2.45. The minimum atomic E-state index is -0.478. The number of benzene rings is 1. The molecule has 0 aromatic heterocycles. The molecule has 0 heterocycles. The number of carbonyl (C=O) groups excluding carboxylic acids is 1. The summed E-state index contributed by atoms with van der Waals surface area (Å²) < 4.78 is 0. The van der Waals surface area contributed by atoms with E-state index in [2.05, 4.69) is 30.6 Å². The van der Waals surface area contributed by atoms with Crippen molar-refractivity contribution in [3.63, 3.8) is 0 Å². The molecule has 4 N–H and O–H groups in total. The van der Waals surface area contributed by atoms with Gasteiger partial charge in [0.05, 0.1) is 5.56 Å². The van der Waals surface area contributed by atoms with Crippen LogP contribution in [0.25, 0.3) is 0 Å². The second-order valence-electron chi connectivity index (χ2n) is 5.10. The van der Waals surface area contributed by atoms with E-state index in [-0.39, 0.29) is 0 Å². The SMILES string of the molecule is CCN(CC)CCCN(CC)c1ccc(N)c(C(N)=O)c1. The van der Waals surface area contributed by atoms with E-state index in [1.54, 1.807) is 12.1 Å². The average Bonchev–Trinajstić information content (AvgIpc) is 2.48. The zero-order chi connectivity index (χ0) is 15.8. The van der Waals surface area contributed by atoms with Gasteiger partial charge in [-0.15, -0.1) is 0 Å². The largest absolute Gasteiger partial charge is 0.398 e. The van der Waals surface area contributed by atoms with Gasteiger partial charge < -0.3 is 21.3 Å². The molecule has 0 unspecified atom stereocenters. The number of nitrogen functional groups attached to an aromatic ring is 1. The lowest BCUT2D eigenvalue weighted by Crippen LogP contribution is -2.30. The molecule has 118 valence electrons. The molecule has 0 aliphatic carbocycles.